The zero-order valence-corrected chi connectivity index (χ0v) is 22.7. The number of nitrogens with one attached hydrogen (secondary N) is 1. The number of benzene rings is 1. The van der Waals surface area contributed by atoms with Crippen molar-refractivity contribution in [3.63, 3.8) is 0 Å². The Bertz CT molecular complexity index is 1280. The van der Waals surface area contributed by atoms with Crippen LogP contribution in [-0.2, 0) is 11.2 Å². The van der Waals surface area contributed by atoms with E-state index in [9.17, 15) is 9.90 Å². The van der Waals surface area contributed by atoms with Gasteiger partial charge in [0.1, 0.15) is 24.2 Å². The number of likely N-dealkylation sites (tertiary alicyclic amines) is 1. The average molecular weight is 520 g/mol. The normalized spacial score (nSPS) is 18.1. The number of amides is 1. The summed E-state index contributed by atoms with van der Waals surface area (Å²) in [4.78, 5) is 24.7. The molecule has 2 aliphatic rings. The summed E-state index contributed by atoms with van der Waals surface area (Å²) in [6.45, 7) is 8.14. The number of hydrogen-bond acceptors (Lipinski definition) is 8. The molecule has 1 aliphatic heterocycles. The Morgan fingerprint density at radius 1 is 1.24 bits per heavy atom. The number of likely N-dealkylation sites (N-methyl/N-ethyl adjacent to an activating group) is 1. The zero-order chi connectivity index (χ0) is 26.8. The van der Waals surface area contributed by atoms with Crippen LogP contribution in [0.4, 0.5) is 0 Å². The van der Waals surface area contributed by atoms with Gasteiger partial charge >= 0.3 is 0 Å². The summed E-state index contributed by atoms with van der Waals surface area (Å²) in [7, 11) is 1.79. The third-order valence-electron chi connectivity index (χ3n) is 7.50. The van der Waals surface area contributed by atoms with Crippen LogP contribution in [0.25, 0.3) is 22.6 Å². The SMILES string of the molecule is CNCC(O)COc1cccc(-c2nc(CC3CCN(C(=O)C4CC4)C3)c(C)c(-c3c(C)noc3C)n2)c1. The van der Waals surface area contributed by atoms with E-state index >= 15 is 0 Å². The lowest BCUT2D eigenvalue weighted by atomic mass is 9.96. The molecule has 3 aromatic rings. The van der Waals surface area contributed by atoms with Gasteiger partial charge in [0.05, 0.1) is 17.0 Å². The number of ether oxygens (including phenoxy) is 1. The van der Waals surface area contributed by atoms with Crippen LogP contribution in [0.1, 0.15) is 42.0 Å². The molecule has 9 heteroatoms. The maximum absolute atomic E-state index is 12.6. The number of hydrogen-bond donors (Lipinski definition) is 2. The van der Waals surface area contributed by atoms with Gasteiger partial charge in [-0.15, -0.1) is 0 Å². The molecule has 1 aromatic carbocycles. The Morgan fingerprint density at radius 3 is 2.76 bits per heavy atom. The van der Waals surface area contributed by atoms with E-state index in [4.69, 9.17) is 19.2 Å². The lowest BCUT2D eigenvalue weighted by molar-refractivity contribution is -0.131. The number of rotatable bonds is 10. The Balaban J connectivity index is 1.45. The molecule has 0 radical (unpaired) electrons. The van der Waals surface area contributed by atoms with Gasteiger partial charge < -0.3 is 24.6 Å². The van der Waals surface area contributed by atoms with Crippen molar-refractivity contribution in [2.45, 2.75) is 52.6 Å². The van der Waals surface area contributed by atoms with Crippen molar-refractivity contribution in [2.75, 3.05) is 33.3 Å². The Hall–Kier alpha value is -3.30. The van der Waals surface area contributed by atoms with E-state index in [1.54, 1.807) is 7.05 Å². The van der Waals surface area contributed by atoms with Crippen LogP contribution in [0, 0.1) is 32.6 Å². The standard InChI is InChI=1S/C29H37N5O4/c1-17-25(12-20-10-11-34(15-20)29(36)21-8-9-21)31-28(32-27(17)26-18(2)33-38-19(26)3)22-6-5-7-24(13-22)37-16-23(35)14-30-4/h5-7,13,20-21,23,30,35H,8-12,14-16H2,1-4H3. The number of aryl methyl sites for hydroxylation is 2. The summed E-state index contributed by atoms with van der Waals surface area (Å²) in [5.74, 6) is 2.90. The highest BCUT2D eigenvalue weighted by Crippen LogP contribution is 2.35. The molecule has 202 valence electrons. The molecule has 5 rings (SSSR count). The van der Waals surface area contributed by atoms with Gasteiger partial charge in [-0.25, -0.2) is 9.97 Å². The molecule has 1 saturated carbocycles. The number of aliphatic hydroxyl groups excluding tert-OH is 1. The fourth-order valence-corrected chi connectivity index (χ4v) is 5.23. The topological polar surface area (TPSA) is 114 Å². The van der Waals surface area contributed by atoms with Crippen LogP contribution in [0.2, 0.25) is 0 Å². The second-order valence-corrected chi connectivity index (χ2v) is 10.6. The van der Waals surface area contributed by atoms with Crippen molar-refractivity contribution in [1.29, 1.82) is 0 Å². The van der Waals surface area contributed by atoms with Crippen molar-refractivity contribution < 1.29 is 19.2 Å². The van der Waals surface area contributed by atoms with Crippen LogP contribution >= 0.6 is 0 Å². The molecule has 9 nitrogen and oxygen atoms in total. The molecule has 1 saturated heterocycles. The Morgan fingerprint density at radius 2 is 2.05 bits per heavy atom. The minimum absolute atomic E-state index is 0.187. The molecule has 1 amide bonds. The smallest absolute Gasteiger partial charge is 0.225 e. The van der Waals surface area contributed by atoms with Crippen LogP contribution in [0.3, 0.4) is 0 Å². The minimum atomic E-state index is -0.602. The van der Waals surface area contributed by atoms with Gasteiger partial charge in [0.25, 0.3) is 0 Å². The lowest BCUT2D eigenvalue weighted by Crippen LogP contribution is -2.30. The molecule has 2 unspecified atom stereocenters. The summed E-state index contributed by atoms with van der Waals surface area (Å²) in [6, 6.07) is 7.65. The molecular formula is C29H37N5O4. The first-order valence-electron chi connectivity index (χ1n) is 13.5. The third kappa shape index (κ3) is 5.73. The number of aromatic nitrogens is 3. The van der Waals surface area contributed by atoms with Crippen molar-refractivity contribution in [2.24, 2.45) is 11.8 Å². The molecule has 38 heavy (non-hydrogen) atoms. The highest BCUT2D eigenvalue weighted by atomic mass is 16.5. The minimum Gasteiger partial charge on any atom is -0.491 e. The van der Waals surface area contributed by atoms with E-state index in [2.05, 4.69) is 17.4 Å². The first-order chi connectivity index (χ1) is 18.3. The molecule has 2 atom stereocenters. The summed E-state index contributed by atoms with van der Waals surface area (Å²) < 4.78 is 11.3. The Labute approximate surface area is 223 Å². The first-order valence-corrected chi connectivity index (χ1v) is 13.5. The second kappa shape index (κ2) is 11.2. The molecule has 0 bridgehead atoms. The van der Waals surface area contributed by atoms with Crippen molar-refractivity contribution >= 4 is 5.91 Å². The van der Waals surface area contributed by atoms with E-state index < -0.39 is 6.10 Å². The highest BCUT2D eigenvalue weighted by Gasteiger charge is 2.37. The predicted molar refractivity (Wildman–Crippen MR) is 144 cm³/mol. The number of carbonyl (C=O) groups is 1. The number of aliphatic hydroxyl groups is 1. The van der Waals surface area contributed by atoms with Crippen molar-refractivity contribution in [1.82, 2.24) is 25.3 Å². The summed E-state index contributed by atoms with van der Waals surface area (Å²) in [5.41, 5.74) is 5.33. The lowest BCUT2D eigenvalue weighted by Gasteiger charge is -2.18. The molecule has 3 heterocycles. The number of carbonyl (C=O) groups excluding carboxylic acids is 1. The average Bonchev–Trinajstić information content (AvgIpc) is 3.57. The zero-order valence-electron chi connectivity index (χ0n) is 22.7. The largest absolute Gasteiger partial charge is 0.491 e. The van der Waals surface area contributed by atoms with E-state index in [1.807, 2.05) is 43.0 Å². The predicted octanol–water partition coefficient (Wildman–Crippen LogP) is 3.48. The fraction of sp³-hybridized carbons (Fsp3) is 0.517. The quantitative estimate of drug-likeness (QED) is 0.419. The maximum Gasteiger partial charge on any atom is 0.225 e. The monoisotopic (exact) mass is 519 g/mol. The van der Waals surface area contributed by atoms with Gasteiger partial charge in [-0.1, -0.05) is 17.3 Å². The second-order valence-electron chi connectivity index (χ2n) is 10.6. The molecular weight excluding hydrogens is 482 g/mol. The van der Waals surface area contributed by atoms with E-state index in [0.29, 0.717) is 29.9 Å². The number of nitrogens with zero attached hydrogens (tertiary/aromatic N) is 4. The van der Waals surface area contributed by atoms with Crippen LogP contribution < -0.4 is 10.1 Å². The summed E-state index contributed by atoms with van der Waals surface area (Å²) >= 11 is 0. The van der Waals surface area contributed by atoms with Crippen molar-refractivity contribution in [3.8, 4) is 28.4 Å². The van der Waals surface area contributed by atoms with Crippen molar-refractivity contribution in [3.05, 3.63) is 47.0 Å². The first kappa shape index (κ1) is 26.3. The highest BCUT2D eigenvalue weighted by molar-refractivity contribution is 5.81. The van der Waals surface area contributed by atoms with Crippen LogP contribution in [0.15, 0.2) is 28.8 Å². The molecule has 0 spiro atoms. The van der Waals surface area contributed by atoms with Gasteiger partial charge in [-0.2, -0.15) is 0 Å². The van der Waals surface area contributed by atoms with E-state index in [-0.39, 0.29) is 12.5 Å². The summed E-state index contributed by atoms with van der Waals surface area (Å²) in [6.07, 6.45) is 3.22. The van der Waals surface area contributed by atoms with Gasteiger partial charge in [0.15, 0.2) is 5.82 Å². The summed E-state index contributed by atoms with van der Waals surface area (Å²) in [5, 5.41) is 17.1. The Kier molecular flexibility index (Phi) is 7.76. The molecule has 2 N–H and O–H groups in total. The van der Waals surface area contributed by atoms with Gasteiger partial charge in [0, 0.05) is 36.8 Å². The molecule has 1 aliphatic carbocycles. The molecule has 2 aromatic heterocycles. The fourth-order valence-electron chi connectivity index (χ4n) is 5.23. The van der Waals surface area contributed by atoms with E-state index in [0.717, 1.165) is 78.3 Å². The van der Waals surface area contributed by atoms with Crippen LogP contribution in [0.5, 0.6) is 5.75 Å². The van der Waals surface area contributed by atoms with Gasteiger partial charge in [-0.3, -0.25) is 4.79 Å². The molecule has 2 fully saturated rings. The van der Waals surface area contributed by atoms with Gasteiger partial charge in [-0.05, 0) is 77.1 Å². The maximum atomic E-state index is 12.6. The van der Waals surface area contributed by atoms with Gasteiger partial charge in [0.2, 0.25) is 5.91 Å². The van der Waals surface area contributed by atoms with Crippen LogP contribution in [-0.4, -0.2) is 70.4 Å². The van der Waals surface area contributed by atoms with E-state index in [1.165, 1.54) is 0 Å². The third-order valence-corrected chi connectivity index (χ3v) is 7.50.